The van der Waals surface area contributed by atoms with Crippen LogP contribution in [0.2, 0.25) is 13.1 Å². The number of allylic oxidation sites excluding steroid dienone is 5. The normalized spacial score (nSPS) is 16.0. The maximum absolute atomic E-state index is 15.3. The predicted octanol–water partition coefficient (Wildman–Crippen LogP) is 4.55. The van der Waals surface area contributed by atoms with Crippen molar-refractivity contribution in [3.63, 3.8) is 0 Å². The molecule has 3 aromatic rings. The van der Waals surface area contributed by atoms with Crippen molar-refractivity contribution in [3.8, 4) is 0 Å². The lowest BCUT2D eigenvalue weighted by atomic mass is 9.87. The van der Waals surface area contributed by atoms with Crippen LogP contribution in [0.3, 0.4) is 0 Å². The summed E-state index contributed by atoms with van der Waals surface area (Å²) in [6, 6.07) is 16.6. The molecule has 0 radical (unpaired) electrons. The summed E-state index contributed by atoms with van der Waals surface area (Å²) < 4.78 is 85.2. The zero-order valence-corrected chi connectivity index (χ0v) is 44.1. The molecule has 0 unspecified atom stereocenters. The Kier molecular flexibility index (Phi) is 19.2. The van der Waals surface area contributed by atoms with Crippen LogP contribution in [0, 0.1) is 0 Å². The lowest BCUT2D eigenvalue weighted by Crippen LogP contribution is -2.49. The molecule has 2 aliphatic heterocycles. The summed E-state index contributed by atoms with van der Waals surface area (Å²) in [4.78, 5) is 62.2. The molecule has 19 nitrogen and oxygen atoms in total. The number of aliphatic imine (C=N–C) groups is 1. The molecule has 0 bridgehead atoms. The smallest absolute Gasteiger partial charge is 0.335 e. The Bertz CT molecular complexity index is 2860. The number of carbonyl (C=O) groups is 4. The third-order valence-electron chi connectivity index (χ3n) is 12.6. The molecule has 388 valence electrons. The van der Waals surface area contributed by atoms with E-state index < -0.39 is 61.8 Å². The molecular weight excluding hydrogens is 987 g/mol. The van der Waals surface area contributed by atoms with E-state index in [0.29, 0.717) is 29.3 Å². The van der Waals surface area contributed by atoms with Gasteiger partial charge in [-0.15, -0.1) is 5.06 Å². The number of imide groups is 1. The first kappa shape index (κ1) is 55.6. The summed E-state index contributed by atoms with van der Waals surface area (Å²) in [6.07, 6.45) is 5.92. The van der Waals surface area contributed by atoms with Crippen molar-refractivity contribution in [3.05, 3.63) is 112 Å². The minimum absolute atomic E-state index is 0.00706. The summed E-state index contributed by atoms with van der Waals surface area (Å²) in [5, 5.41) is 6.06. The Balaban J connectivity index is 1.26. The fourth-order valence-electron chi connectivity index (χ4n) is 8.55. The fraction of sp³-hybridized carbons (Fsp3) is 0.420. The quantitative estimate of drug-likeness (QED) is 0.0369. The first-order valence-corrected chi connectivity index (χ1v) is 29.5. The van der Waals surface area contributed by atoms with Gasteiger partial charge in [-0.1, -0.05) is 63.3 Å². The molecule has 0 spiro atoms. The number of anilines is 1. The molecule has 1 fully saturated rings. The molecule has 0 saturated carbocycles. The molecule has 3 aromatic carbocycles. The van der Waals surface area contributed by atoms with Crippen LogP contribution in [0.4, 0.5) is 5.69 Å². The van der Waals surface area contributed by atoms with Crippen LogP contribution in [0.5, 0.6) is 0 Å². The van der Waals surface area contributed by atoms with Gasteiger partial charge in [0.2, 0.25) is 0 Å². The monoisotopic (exact) mass is 1050 g/mol. The fourth-order valence-corrected chi connectivity index (χ4v) is 13.4. The van der Waals surface area contributed by atoms with E-state index >= 15 is 4.79 Å². The van der Waals surface area contributed by atoms with Crippen molar-refractivity contribution in [2.75, 3.05) is 91.8 Å². The second-order valence-electron chi connectivity index (χ2n) is 17.4. The topological polar surface area (TPSA) is 237 Å². The Morgan fingerprint density at radius 1 is 0.819 bits per heavy atom. The molecular formula is C50H63N5O14S2Si. The molecule has 2 N–H and O–H groups in total. The standard InChI is InChI=1S/C50H63N5O14S2Si/c1-7-53(8-2)22-26-68-71(63,64)43-33-38(70(60,61)62)16-13-35(43)34-54(23-25-66-28-30-67-29-27-65-24-21-48(58)69-55-46(56)19-20-47(55)57)50(59)40-12-10-9-11-39(40)49-41-17-14-36(51-3)31-44(41)72(5,6)45-32-37(52-4)15-18-42(45)49/h9-18,31-33,51H,7-8,19-30,34H2,1-6H3,(H,60,61,62). The van der Waals surface area contributed by atoms with Crippen LogP contribution < -0.4 is 10.5 Å². The van der Waals surface area contributed by atoms with Crippen molar-refractivity contribution in [2.45, 2.75) is 62.5 Å². The minimum Gasteiger partial charge on any atom is -0.388 e. The number of fused-ring (bicyclic) bond motifs is 2. The van der Waals surface area contributed by atoms with Crippen LogP contribution in [0.15, 0.2) is 104 Å². The highest BCUT2D eigenvalue weighted by Gasteiger charge is 2.41. The third-order valence-corrected chi connectivity index (χ3v) is 18.3. The van der Waals surface area contributed by atoms with Crippen LogP contribution in [0.25, 0.3) is 5.57 Å². The molecule has 6 rings (SSSR count). The van der Waals surface area contributed by atoms with Gasteiger partial charge in [-0.05, 0) is 93.8 Å². The van der Waals surface area contributed by atoms with Crippen molar-refractivity contribution < 1.29 is 63.8 Å². The Morgan fingerprint density at radius 2 is 1.49 bits per heavy atom. The minimum atomic E-state index is -4.86. The number of benzene rings is 3. The van der Waals surface area contributed by atoms with E-state index in [9.17, 15) is 35.8 Å². The number of likely N-dealkylation sites (N-methyl/N-ethyl adjacent to an activating group) is 1. The molecule has 2 heterocycles. The van der Waals surface area contributed by atoms with Crippen LogP contribution in [0.1, 0.15) is 60.2 Å². The Hall–Kier alpha value is -5.69. The van der Waals surface area contributed by atoms with E-state index in [-0.39, 0.29) is 90.7 Å². The third kappa shape index (κ3) is 13.5. The van der Waals surface area contributed by atoms with Gasteiger partial charge in [0.15, 0.2) is 0 Å². The Labute approximate surface area is 422 Å². The zero-order chi connectivity index (χ0) is 52.2. The number of amides is 3. The SMILES string of the molecule is CCN(CC)CCOS(=O)(=O)c1cc(S(=O)(=O)O)ccc1CN(CCOCCOCCOCCC(=O)ON1C(=O)CCC1=O)C(=O)c1ccccc1C1=C2C=CC(=NC)C=C2[Si](C)(C)c2cc(NC)ccc21. The highest BCUT2D eigenvalue weighted by molar-refractivity contribution is 7.87. The van der Waals surface area contributed by atoms with Crippen molar-refractivity contribution in [2.24, 2.45) is 4.99 Å². The molecule has 72 heavy (non-hydrogen) atoms. The molecule has 0 atom stereocenters. The van der Waals surface area contributed by atoms with Gasteiger partial charge in [-0.2, -0.15) is 16.8 Å². The second kappa shape index (κ2) is 24.8. The predicted molar refractivity (Wildman–Crippen MR) is 272 cm³/mol. The number of carbonyl (C=O) groups excluding carboxylic acids is 4. The number of hydrogen-bond donors (Lipinski definition) is 2. The van der Waals surface area contributed by atoms with Gasteiger partial charge >= 0.3 is 5.97 Å². The summed E-state index contributed by atoms with van der Waals surface area (Å²) in [6.45, 7) is 9.79. The molecule has 1 saturated heterocycles. The second-order valence-corrected chi connectivity index (χ2v) is 24.7. The Morgan fingerprint density at radius 3 is 2.14 bits per heavy atom. The van der Waals surface area contributed by atoms with E-state index in [1.54, 1.807) is 19.2 Å². The van der Waals surface area contributed by atoms with E-state index in [2.05, 4.69) is 41.6 Å². The van der Waals surface area contributed by atoms with Gasteiger partial charge < -0.3 is 34.2 Å². The highest BCUT2D eigenvalue weighted by Crippen LogP contribution is 2.43. The van der Waals surface area contributed by atoms with Crippen molar-refractivity contribution in [1.82, 2.24) is 14.9 Å². The van der Waals surface area contributed by atoms with E-state index in [1.165, 1.54) is 11.0 Å². The zero-order valence-electron chi connectivity index (χ0n) is 41.5. The molecule has 3 aliphatic rings. The highest BCUT2D eigenvalue weighted by atomic mass is 32.2. The summed E-state index contributed by atoms with van der Waals surface area (Å²) in [5.41, 5.74) is 5.55. The van der Waals surface area contributed by atoms with Gasteiger partial charge in [-0.25, -0.2) is 4.79 Å². The number of hydrogen-bond acceptors (Lipinski definition) is 16. The molecule has 0 aromatic heterocycles. The van der Waals surface area contributed by atoms with Crippen LogP contribution >= 0.6 is 0 Å². The molecule has 22 heteroatoms. The van der Waals surface area contributed by atoms with Crippen LogP contribution in [-0.2, 0) is 64.4 Å². The van der Waals surface area contributed by atoms with Crippen molar-refractivity contribution >= 4 is 74.2 Å². The van der Waals surface area contributed by atoms with Gasteiger partial charge in [0, 0.05) is 57.8 Å². The van der Waals surface area contributed by atoms with Crippen molar-refractivity contribution in [1.29, 1.82) is 0 Å². The van der Waals surface area contributed by atoms with Gasteiger partial charge in [0.1, 0.15) is 13.0 Å². The maximum atomic E-state index is 15.3. The van der Waals surface area contributed by atoms with E-state index in [4.69, 9.17) is 23.2 Å². The largest absolute Gasteiger partial charge is 0.388 e. The lowest BCUT2D eigenvalue weighted by molar-refractivity contribution is -0.198. The van der Waals surface area contributed by atoms with Gasteiger partial charge in [0.05, 0.1) is 63.3 Å². The summed E-state index contributed by atoms with van der Waals surface area (Å²) in [7, 11) is -8.25. The van der Waals surface area contributed by atoms with Gasteiger partial charge in [-0.3, -0.25) is 28.1 Å². The van der Waals surface area contributed by atoms with E-state index in [1.807, 2.05) is 56.1 Å². The van der Waals surface area contributed by atoms with Crippen LogP contribution in [-0.4, -0.2) is 160 Å². The molecule has 1 aliphatic carbocycles. The first-order chi connectivity index (χ1) is 34.3. The van der Waals surface area contributed by atoms with E-state index in [0.717, 1.165) is 50.6 Å². The van der Waals surface area contributed by atoms with Gasteiger partial charge in [0.25, 0.3) is 38.0 Å². The first-order valence-electron chi connectivity index (χ1n) is 23.7. The number of ether oxygens (including phenoxy) is 3. The summed E-state index contributed by atoms with van der Waals surface area (Å²) >= 11 is 0. The average Bonchev–Trinajstić information content (AvgIpc) is 3.68. The number of nitrogens with zero attached hydrogens (tertiary/aromatic N) is 4. The molecule has 3 amide bonds. The number of rotatable bonds is 26. The average molecular weight is 1050 g/mol. The number of hydroxylamine groups is 2. The maximum Gasteiger partial charge on any atom is 0.335 e. The number of nitrogens with one attached hydrogen (secondary N) is 1. The lowest BCUT2D eigenvalue weighted by Gasteiger charge is -2.38. The summed E-state index contributed by atoms with van der Waals surface area (Å²) in [5.74, 6) is -2.40.